The van der Waals surface area contributed by atoms with Crippen molar-refractivity contribution in [2.45, 2.75) is 19.3 Å². The highest BCUT2D eigenvalue weighted by molar-refractivity contribution is 5.94. The van der Waals surface area contributed by atoms with Crippen molar-refractivity contribution in [2.24, 2.45) is 5.92 Å². The number of ether oxygens (including phenoxy) is 1. The van der Waals surface area contributed by atoms with E-state index in [2.05, 4.69) is 0 Å². The number of likely N-dealkylation sites (tertiary alicyclic amines) is 1. The number of halogens is 3. The van der Waals surface area contributed by atoms with E-state index in [1.54, 1.807) is 23.1 Å². The van der Waals surface area contributed by atoms with Gasteiger partial charge in [0.1, 0.15) is 11.6 Å². The monoisotopic (exact) mass is 363 g/mol. The standard InChI is InChI=1S/C20H20F3NO2/c21-15-5-6-17(22)16(13-15)20(25)24-10-7-14(8-11-24)9-12-26-19-4-2-1-3-18(19)23/h1-6,13-14H,7-12H2. The molecule has 1 aliphatic rings. The van der Waals surface area contributed by atoms with Crippen LogP contribution in [-0.2, 0) is 0 Å². The highest BCUT2D eigenvalue weighted by atomic mass is 19.1. The lowest BCUT2D eigenvalue weighted by Gasteiger charge is -2.32. The molecule has 2 aromatic carbocycles. The van der Waals surface area contributed by atoms with E-state index in [0.717, 1.165) is 37.5 Å². The van der Waals surface area contributed by atoms with Crippen LogP contribution in [-0.4, -0.2) is 30.5 Å². The summed E-state index contributed by atoms with van der Waals surface area (Å²) in [6, 6.07) is 9.16. The molecular weight excluding hydrogens is 343 g/mol. The van der Waals surface area contributed by atoms with E-state index in [1.165, 1.54) is 6.07 Å². The minimum Gasteiger partial charge on any atom is -0.491 e. The smallest absolute Gasteiger partial charge is 0.256 e. The summed E-state index contributed by atoms with van der Waals surface area (Å²) in [5.41, 5.74) is -0.230. The van der Waals surface area contributed by atoms with Crippen LogP contribution in [0.1, 0.15) is 29.6 Å². The van der Waals surface area contributed by atoms with Crippen LogP contribution in [0.15, 0.2) is 42.5 Å². The first-order valence-electron chi connectivity index (χ1n) is 8.66. The Morgan fingerprint density at radius 2 is 1.77 bits per heavy atom. The maximum atomic E-state index is 13.8. The summed E-state index contributed by atoms with van der Waals surface area (Å²) >= 11 is 0. The third-order valence-corrected chi connectivity index (χ3v) is 4.68. The topological polar surface area (TPSA) is 29.5 Å². The van der Waals surface area contributed by atoms with Gasteiger partial charge < -0.3 is 9.64 Å². The van der Waals surface area contributed by atoms with Crippen LogP contribution in [0.3, 0.4) is 0 Å². The van der Waals surface area contributed by atoms with Crippen molar-refractivity contribution in [1.82, 2.24) is 4.90 Å². The van der Waals surface area contributed by atoms with Crippen LogP contribution < -0.4 is 4.74 Å². The predicted molar refractivity (Wildman–Crippen MR) is 91.5 cm³/mol. The van der Waals surface area contributed by atoms with E-state index in [9.17, 15) is 18.0 Å². The van der Waals surface area contributed by atoms with E-state index in [4.69, 9.17) is 4.74 Å². The van der Waals surface area contributed by atoms with E-state index in [0.29, 0.717) is 25.6 Å². The molecule has 0 N–H and O–H groups in total. The molecule has 1 amide bonds. The third kappa shape index (κ3) is 4.36. The van der Waals surface area contributed by atoms with E-state index in [-0.39, 0.29) is 17.1 Å². The van der Waals surface area contributed by atoms with Crippen molar-refractivity contribution in [3.63, 3.8) is 0 Å². The van der Waals surface area contributed by atoms with E-state index >= 15 is 0 Å². The summed E-state index contributed by atoms with van der Waals surface area (Å²) < 4.78 is 46.0. The second-order valence-electron chi connectivity index (χ2n) is 6.43. The van der Waals surface area contributed by atoms with Gasteiger partial charge in [-0.1, -0.05) is 12.1 Å². The van der Waals surface area contributed by atoms with Crippen molar-refractivity contribution in [3.8, 4) is 5.75 Å². The number of benzene rings is 2. The van der Waals surface area contributed by atoms with Gasteiger partial charge in [-0.15, -0.1) is 0 Å². The molecule has 1 fully saturated rings. The maximum Gasteiger partial charge on any atom is 0.256 e. The fourth-order valence-electron chi connectivity index (χ4n) is 3.15. The Morgan fingerprint density at radius 1 is 1.04 bits per heavy atom. The van der Waals surface area contributed by atoms with E-state index in [1.807, 2.05) is 0 Å². The molecule has 0 atom stereocenters. The van der Waals surface area contributed by atoms with Gasteiger partial charge in [-0.05, 0) is 55.5 Å². The van der Waals surface area contributed by atoms with Gasteiger partial charge in [-0.25, -0.2) is 13.2 Å². The lowest BCUT2D eigenvalue weighted by Crippen LogP contribution is -2.39. The Kier molecular flexibility index (Phi) is 5.81. The number of amides is 1. The SMILES string of the molecule is O=C(c1cc(F)ccc1F)N1CCC(CCOc2ccccc2F)CC1. The quantitative estimate of drug-likeness (QED) is 0.787. The average molecular weight is 363 g/mol. The summed E-state index contributed by atoms with van der Waals surface area (Å²) in [6.07, 6.45) is 2.26. The number of piperidine rings is 1. The van der Waals surface area contributed by atoms with Gasteiger partial charge >= 0.3 is 0 Å². The summed E-state index contributed by atoms with van der Waals surface area (Å²) in [5.74, 6) is -1.62. The lowest BCUT2D eigenvalue weighted by molar-refractivity contribution is 0.0674. The second kappa shape index (κ2) is 8.25. The second-order valence-corrected chi connectivity index (χ2v) is 6.43. The molecule has 1 heterocycles. The Hall–Kier alpha value is -2.50. The van der Waals surface area contributed by atoms with Crippen LogP contribution in [0.25, 0.3) is 0 Å². The molecule has 0 aromatic heterocycles. The molecule has 0 bridgehead atoms. The molecular formula is C20H20F3NO2. The van der Waals surface area contributed by atoms with Gasteiger partial charge in [0.2, 0.25) is 0 Å². The molecule has 26 heavy (non-hydrogen) atoms. The van der Waals surface area contributed by atoms with Gasteiger partial charge in [-0.2, -0.15) is 0 Å². The lowest BCUT2D eigenvalue weighted by atomic mass is 9.93. The average Bonchev–Trinajstić information content (AvgIpc) is 2.65. The zero-order chi connectivity index (χ0) is 18.5. The van der Waals surface area contributed by atoms with Crippen LogP contribution in [0, 0.1) is 23.4 Å². The van der Waals surface area contributed by atoms with Gasteiger partial charge in [-0.3, -0.25) is 4.79 Å². The molecule has 138 valence electrons. The van der Waals surface area contributed by atoms with Gasteiger partial charge in [0.15, 0.2) is 11.6 Å². The molecule has 1 aliphatic heterocycles. The molecule has 1 saturated heterocycles. The maximum absolute atomic E-state index is 13.8. The molecule has 2 aromatic rings. The summed E-state index contributed by atoms with van der Waals surface area (Å²) in [5, 5.41) is 0. The zero-order valence-corrected chi connectivity index (χ0v) is 14.3. The van der Waals surface area contributed by atoms with E-state index < -0.39 is 17.5 Å². The first-order chi connectivity index (χ1) is 12.5. The predicted octanol–water partition coefficient (Wildman–Crippen LogP) is 4.43. The Bertz CT molecular complexity index is 773. The number of hydrogen-bond acceptors (Lipinski definition) is 2. The molecule has 3 nitrogen and oxygen atoms in total. The van der Waals surface area contributed by atoms with Crippen LogP contribution in [0.2, 0.25) is 0 Å². The first kappa shape index (κ1) is 18.3. The highest BCUT2D eigenvalue weighted by Crippen LogP contribution is 2.24. The van der Waals surface area contributed by atoms with Crippen LogP contribution >= 0.6 is 0 Å². The van der Waals surface area contributed by atoms with Crippen molar-refractivity contribution in [1.29, 1.82) is 0 Å². The molecule has 6 heteroatoms. The fraction of sp³-hybridized carbons (Fsp3) is 0.350. The van der Waals surface area contributed by atoms with Crippen LogP contribution in [0.4, 0.5) is 13.2 Å². The minimum atomic E-state index is -0.711. The van der Waals surface area contributed by atoms with Gasteiger partial charge in [0.05, 0.1) is 12.2 Å². The molecule has 3 rings (SSSR count). The molecule has 0 unspecified atom stereocenters. The molecule has 0 aliphatic carbocycles. The number of rotatable bonds is 5. The third-order valence-electron chi connectivity index (χ3n) is 4.68. The number of carbonyl (C=O) groups is 1. The molecule has 0 saturated carbocycles. The number of hydrogen-bond donors (Lipinski definition) is 0. The number of nitrogens with zero attached hydrogens (tertiary/aromatic N) is 1. The highest BCUT2D eigenvalue weighted by Gasteiger charge is 2.25. The van der Waals surface area contributed by atoms with Crippen LogP contribution in [0.5, 0.6) is 5.75 Å². The van der Waals surface area contributed by atoms with Crippen molar-refractivity contribution < 1.29 is 22.7 Å². The Morgan fingerprint density at radius 3 is 2.50 bits per heavy atom. The first-order valence-corrected chi connectivity index (χ1v) is 8.66. The minimum absolute atomic E-state index is 0.230. The largest absolute Gasteiger partial charge is 0.491 e. The Balaban J connectivity index is 1.47. The summed E-state index contributed by atoms with van der Waals surface area (Å²) in [6.45, 7) is 1.37. The van der Waals surface area contributed by atoms with Gasteiger partial charge in [0, 0.05) is 13.1 Å². The number of carbonyl (C=O) groups excluding carboxylic acids is 1. The zero-order valence-electron chi connectivity index (χ0n) is 14.3. The van der Waals surface area contributed by atoms with Gasteiger partial charge in [0.25, 0.3) is 5.91 Å². The molecule has 0 radical (unpaired) electrons. The van der Waals surface area contributed by atoms with Crippen molar-refractivity contribution in [2.75, 3.05) is 19.7 Å². The summed E-state index contributed by atoms with van der Waals surface area (Å²) in [7, 11) is 0. The number of para-hydroxylation sites is 1. The summed E-state index contributed by atoms with van der Waals surface area (Å²) in [4.78, 5) is 13.9. The van der Waals surface area contributed by atoms with Crippen molar-refractivity contribution >= 4 is 5.91 Å². The van der Waals surface area contributed by atoms with Crippen molar-refractivity contribution in [3.05, 3.63) is 65.5 Å². The fourth-order valence-corrected chi connectivity index (χ4v) is 3.15. The normalized spacial score (nSPS) is 15.1. The Labute approximate surface area is 150 Å². The molecule has 0 spiro atoms.